The second kappa shape index (κ2) is 11.3. The zero-order valence-electron chi connectivity index (χ0n) is 22.1. The van der Waals surface area contributed by atoms with Gasteiger partial charge in [0.1, 0.15) is 36.1 Å². The molecule has 1 unspecified atom stereocenters. The van der Waals surface area contributed by atoms with Gasteiger partial charge in [-0.25, -0.2) is 0 Å². The number of anilines is 1. The number of aliphatic hydroxyl groups excluding tert-OH is 1. The molecule has 1 N–H and O–H groups in total. The van der Waals surface area contributed by atoms with E-state index in [-0.39, 0.29) is 17.8 Å². The summed E-state index contributed by atoms with van der Waals surface area (Å²) in [5.41, 5.74) is 5.12. The smallest absolute Gasteiger partial charge is 0.235 e. The van der Waals surface area contributed by atoms with E-state index in [2.05, 4.69) is 41.8 Å². The van der Waals surface area contributed by atoms with Crippen molar-refractivity contribution >= 4 is 16.7 Å². The third kappa shape index (κ3) is 5.85. The van der Waals surface area contributed by atoms with Crippen LogP contribution in [0.2, 0.25) is 0 Å². The summed E-state index contributed by atoms with van der Waals surface area (Å²) in [5.74, 6) is 1.24. The van der Waals surface area contributed by atoms with Gasteiger partial charge in [-0.2, -0.15) is 0 Å². The van der Waals surface area contributed by atoms with Crippen LogP contribution < -0.4 is 19.8 Å². The van der Waals surface area contributed by atoms with Crippen molar-refractivity contribution in [3.63, 3.8) is 0 Å². The molecule has 1 aliphatic heterocycles. The lowest BCUT2D eigenvalue weighted by atomic mass is 10.1. The summed E-state index contributed by atoms with van der Waals surface area (Å²) in [6, 6.07) is 19.0. The van der Waals surface area contributed by atoms with E-state index in [1.165, 1.54) is 23.1 Å². The number of hydrogen-bond donors (Lipinski definition) is 1. The summed E-state index contributed by atoms with van der Waals surface area (Å²) >= 11 is 0. The van der Waals surface area contributed by atoms with Crippen LogP contribution >= 0.6 is 0 Å². The summed E-state index contributed by atoms with van der Waals surface area (Å²) in [4.78, 5) is 17.6. The number of nitrogens with zero attached hydrogens (tertiary/aromatic N) is 2. The first-order chi connectivity index (χ1) is 18.4. The predicted octanol–water partition coefficient (Wildman–Crippen LogP) is 5.07. The van der Waals surface area contributed by atoms with Crippen molar-refractivity contribution in [3.8, 4) is 17.2 Å². The van der Waals surface area contributed by atoms with Crippen molar-refractivity contribution in [2.45, 2.75) is 26.9 Å². The Labute approximate surface area is 222 Å². The Bertz CT molecular complexity index is 1470. The van der Waals surface area contributed by atoms with Gasteiger partial charge in [-0.05, 0) is 67.8 Å². The van der Waals surface area contributed by atoms with Gasteiger partial charge in [-0.15, -0.1) is 0 Å². The summed E-state index contributed by atoms with van der Waals surface area (Å²) < 4.78 is 17.3. The first-order valence-electron chi connectivity index (χ1n) is 13.0. The van der Waals surface area contributed by atoms with E-state index < -0.39 is 6.10 Å². The average molecular weight is 515 g/mol. The molecule has 1 saturated heterocycles. The maximum absolute atomic E-state index is 12.9. The summed E-state index contributed by atoms with van der Waals surface area (Å²) in [6.45, 7) is 10.6. The van der Waals surface area contributed by atoms with Crippen LogP contribution in [-0.2, 0) is 0 Å². The molecule has 0 aliphatic carbocycles. The SMILES string of the molecule is Cc1cccc(Oc2coc3cc(OCC(O)CN4CCN(c5cccc(C)c5C)CC4)ccc3c2=O)c1. The molecule has 2 heterocycles. The van der Waals surface area contributed by atoms with Crippen LogP contribution in [0.5, 0.6) is 17.2 Å². The molecule has 0 spiro atoms. The van der Waals surface area contributed by atoms with E-state index >= 15 is 0 Å². The van der Waals surface area contributed by atoms with Crippen molar-refractivity contribution in [2.75, 3.05) is 44.2 Å². The number of benzene rings is 3. The van der Waals surface area contributed by atoms with Crippen LogP contribution in [0.3, 0.4) is 0 Å². The largest absolute Gasteiger partial charge is 0.491 e. The Kier molecular flexibility index (Phi) is 7.67. The van der Waals surface area contributed by atoms with Crippen LogP contribution in [0.1, 0.15) is 16.7 Å². The average Bonchev–Trinajstić information content (AvgIpc) is 2.91. The molecule has 1 fully saturated rings. The fraction of sp³-hybridized carbons (Fsp3) is 0.323. The Morgan fingerprint density at radius 2 is 1.74 bits per heavy atom. The van der Waals surface area contributed by atoms with Crippen molar-refractivity contribution in [1.82, 2.24) is 4.90 Å². The molecule has 1 aromatic heterocycles. The zero-order chi connectivity index (χ0) is 26.6. The normalized spacial score (nSPS) is 15.0. The summed E-state index contributed by atoms with van der Waals surface area (Å²) in [5, 5.41) is 11.0. The number of fused-ring (bicyclic) bond motifs is 1. The molecule has 1 aliphatic rings. The second-order valence-electron chi connectivity index (χ2n) is 9.98. The molecule has 198 valence electrons. The van der Waals surface area contributed by atoms with Gasteiger partial charge < -0.3 is 23.9 Å². The molecule has 1 atom stereocenters. The highest BCUT2D eigenvalue weighted by atomic mass is 16.5. The topological polar surface area (TPSA) is 75.4 Å². The second-order valence-corrected chi connectivity index (χ2v) is 9.98. The highest BCUT2D eigenvalue weighted by Crippen LogP contribution is 2.26. The minimum Gasteiger partial charge on any atom is -0.491 e. The fourth-order valence-electron chi connectivity index (χ4n) is 4.85. The van der Waals surface area contributed by atoms with Crippen LogP contribution in [0.15, 0.2) is 76.1 Å². The van der Waals surface area contributed by atoms with Crippen LogP contribution in [0, 0.1) is 20.8 Å². The Morgan fingerprint density at radius 1 is 0.947 bits per heavy atom. The van der Waals surface area contributed by atoms with Crippen molar-refractivity contribution in [1.29, 1.82) is 0 Å². The first-order valence-corrected chi connectivity index (χ1v) is 13.0. The highest BCUT2D eigenvalue weighted by Gasteiger charge is 2.21. The van der Waals surface area contributed by atoms with Gasteiger partial charge in [0, 0.05) is 44.5 Å². The van der Waals surface area contributed by atoms with E-state index in [1.54, 1.807) is 24.3 Å². The molecule has 7 nitrogen and oxygen atoms in total. The lowest BCUT2D eigenvalue weighted by Crippen LogP contribution is -2.49. The monoisotopic (exact) mass is 514 g/mol. The molecule has 4 aromatic rings. The predicted molar refractivity (Wildman–Crippen MR) is 150 cm³/mol. The summed E-state index contributed by atoms with van der Waals surface area (Å²) in [7, 11) is 0. The molecule has 7 heteroatoms. The van der Waals surface area contributed by atoms with E-state index in [0.29, 0.717) is 29.0 Å². The molecule has 0 radical (unpaired) electrons. The molecule has 0 bridgehead atoms. The third-order valence-electron chi connectivity index (χ3n) is 7.13. The van der Waals surface area contributed by atoms with Crippen molar-refractivity contribution in [3.05, 3.63) is 93.8 Å². The van der Waals surface area contributed by atoms with E-state index in [9.17, 15) is 9.90 Å². The molecule has 5 rings (SSSR count). The van der Waals surface area contributed by atoms with Crippen LogP contribution in [0.25, 0.3) is 11.0 Å². The van der Waals surface area contributed by atoms with Gasteiger partial charge in [0.25, 0.3) is 0 Å². The summed E-state index contributed by atoms with van der Waals surface area (Å²) in [6.07, 6.45) is 0.693. The number of aryl methyl sites for hydroxylation is 2. The first kappa shape index (κ1) is 25.8. The minimum atomic E-state index is -0.630. The lowest BCUT2D eigenvalue weighted by Gasteiger charge is -2.37. The third-order valence-corrected chi connectivity index (χ3v) is 7.13. The minimum absolute atomic E-state index is 0.129. The molecule has 3 aromatic carbocycles. The molecule has 0 amide bonds. The Balaban J connectivity index is 1.14. The van der Waals surface area contributed by atoms with Crippen molar-refractivity contribution < 1.29 is 19.0 Å². The fourth-order valence-corrected chi connectivity index (χ4v) is 4.85. The van der Waals surface area contributed by atoms with Gasteiger partial charge in [-0.1, -0.05) is 24.3 Å². The highest BCUT2D eigenvalue weighted by molar-refractivity contribution is 5.79. The Hall–Kier alpha value is -3.81. The standard InChI is InChI=1S/C31H34N2O5/c1-21-6-4-8-26(16-21)38-30-20-37-29-17-25(10-11-27(29)31(30)35)36-19-24(34)18-32-12-14-33(15-13-32)28-9-5-7-22(2)23(28)3/h4-11,16-17,20,24,34H,12-15,18-19H2,1-3H3. The molecule has 0 saturated carbocycles. The van der Waals surface area contributed by atoms with Gasteiger partial charge >= 0.3 is 0 Å². The lowest BCUT2D eigenvalue weighted by molar-refractivity contribution is 0.0663. The Morgan fingerprint density at radius 3 is 2.53 bits per heavy atom. The number of aliphatic hydroxyl groups is 1. The number of rotatable bonds is 8. The maximum Gasteiger partial charge on any atom is 0.235 e. The van der Waals surface area contributed by atoms with E-state index in [1.807, 2.05) is 25.1 Å². The van der Waals surface area contributed by atoms with Gasteiger partial charge in [0.2, 0.25) is 11.2 Å². The van der Waals surface area contributed by atoms with E-state index in [4.69, 9.17) is 13.9 Å². The van der Waals surface area contributed by atoms with Gasteiger partial charge in [0.15, 0.2) is 0 Å². The molecular weight excluding hydrogens is 480 g/mol. The number of piperazine rings is 1. The quantitative estimate of drug-likeness (QED) is 0.352. The number of ether oxygens (including phenoxy) is 2. The zero-order valence-corrected chi connectivity index (χ0v) is 22.1. The number of β-amino-alcohol motifs (C(OH)–C–C–N with tert-alkyl or cyclic N) is 1. The van der Waals surface area contributed by atoms with Gasteiger partial charge in [0.05, 0.1) is 5.39 Å². The van der Waals surface area contributed by atoms with Crippen molar-refractivity contribution in [2.24, 2.45) is 0 Å². The number of hydrogen-bond acceptors (Lipinski definition) is 7. The van der Waals surface area contributed by atoms with E-state index in [0.717, 1.165) is 31.7 Å². The van der Waals surface area contributed by atoms with Crippen LogP contribution in [-0.4, -0.2) is 55.4 Å². The van der Waals surface area contributed by atoms with Gasteiger partial charge in [-0.3, -0.25) is 9.69 Å². The molecule has 38 heavy (non-hydrogen) atoms. The maximum atomic E-state index is 12.9. The molecular formula is C31H34N2O5. The van der Waals surface area contributed by atoms with Crippen LogP contribution in [0.4, 0.5) is 5.69 Å².